The van der Waals surface area contributed by atoms with Crippen molar-refractivity contribution in [1.82, 2.24) is 0 Å². The smallest absolute Gasteiger partial charge is 0.102 e. The van der Waals surface area contributed by atoms with Crippen molar-refractivity contribution in [3.05, 3.63) is 23.8 Å². The number of hydrogen-bond acceptors (Lipinski definition) is 4. The number of anilines is 1. The second kappa shape index (κ2) is 8.49. The molecule has 0 aliphatic carbocycles. The number of thioether (sulfide) groups is 2. The Hall–Kier alpha value is -0.790. The van der Waals surface area contributed by atoms with Crippen molar-refractivity contribution < 1.29 is 0 Å². The number of nitrogens with one attached hydrogen (secondary N) is 1. The lowest BCUT2D eigenvalue weighted by atomic mass is 10.0. The van der Waals surface area contributed by atoms with Gasteiger partial charge in [0, 0.05) is 16.2 Å². The van der Waals surface area contributed by atoms with E-state index in [4.69, 9.17) is 0 Å². The van der Waals surface area contributed by atoms with Crippen molar-refractivity contribution >= 4 is 29.2 Å². The van der Waals surface area contributed by atoms with Crippen molar-refractivity contribution in [1.29, 1.82) is 5.26 Å². The van der Waals surface area contributed by atoms with Gasteiger partial charge in [0.25, 0.3) is 0 Å². The molecule has 0 saturated heterocycles. The van der Waals surface area contributed by atoms with Crippen molar-refractivity contribution in [2.75, 3.05) is 23.9 Å². The third-order valence-corrected chi connectivity index (χ3v) is 6.29. The Morgan fingerprint density at radius 3 is 2.45 bits per heavy atom. The molecule has 0 bridgehead atoms. The van der Waals surface area contributed by atoms with Crippen LogP contribution in [0.5, 0.6) is 0 Å². The summed E-state index contributed by atoms with van der Waals surface area (Å²) in [6, 6.07) is 8.41. The van der Waals surface area contributed by atoms with E-state index >= 15 is 0 Å². The Labute approximate surface area is 131 Å². The average molecular weight is 309 g/mol. The topological polar surface area (TPSA) is 35.8 Å². The number of nitrogens with zero attached hydrogens (tertiary/aromatic N) is 1. The fraction of sp³-hybridized carbons (Fsp3) is 0.562. The third-order valence-electron chi connectivity index (χ3n) is 3.76. The Balaban J connectivity index is 2.93. The van der Waals surface area contributed by atoms with Crippen LogP contribution in [0.25, 0.3) is 0 Å². The molecule has 0 heterocycles. The minimum Gasteiger partial charge on any atom is -0.383 e. The van der Waals surface area contributed by atoms with Gasteiger partial charge in [-0.2, -0.15) is 17.0 Å². The van der Waals surface area contributed by atoms with Crippen LogP contribution >= 0.6 is 23.5 Å². The number of hydrogen-bond donors (Lipinski definition) is 1. The van der Waals surface area contributed by atoms with Gasteiger partial charge in [0.1, 0.15) is 6.07 Å². The first-order chi connectivity index (χ1) is 9.66. The maximum absolute atomic E-state index is 9.42. The van der Waals surface area contributed by atoms with E-state index in [9.17, 15) is 5.26 Å². The normalized spacial score (nSPS) is 11.2. The predicted molar refractivity (Wildman–Crippen MR) is 92.9 cm³/mol. The maximum Gasteiger partial charge on any atom is 0.102 e. The highest BCUT2D eigenvalue weighted by atomic mass is 32.2. The first kappa shape index (κ1) is 17.3. The largest absolute Gasteiger partial charge is 0.383 e. The lowest BCUT2D eigenvalue weighted by molar-refractivity contribution is 0.574. The van der Waals surface area contributed by atoms with Gasteiger partial charge in [-0.15, -0.1) is 11.8 Å². The molecule has 20 heavy (non-hydrogen) atoms. The van der Waals surface area contributed by atoms with E-state index in [-0.39, 0.29) is 4.75 Å². The molecule has 4 heteroatoms. The fourth-order valence-corrected chi connectivity index (χ4v) is 3.77. The van der Waals surface area contributed by atoms with Gasteiger partial charge in [-0.3, -0.25) is 0 Å². The SMILES string of the molecule is CCSc1cccc(NCC(CC)(CC)SC)c1C#N. The summed E-state index contributed by atoms with van der Waals surface area (Å²) >= 11 is 3.64. The molecular weight excluding hydrogens is 284 g/mol. The zero-order valence-corrected chi connectivity index (χ0v) is 14.5. The van der Waals surface area contributed by atoms with Crippen molar-refractivity contribution in [2.45, 2.75) is 43.3 Å². The zero-order valence-electron chi connectivity index (χ0n) is 12.8. The molecule has 0 aromatic heterocycles. The van der Waals surface area contributed by atoms with Gasteiger partial charge in [-0.25, -0.2) is 0 Å². The van der Waals surface area contributed by atoms with Crippen LogP contribution in [-0.2, 0) is 0 Å². The molecule has 0 spiro atoms. The number of nitriles is 1. The van der Waals surface area contributed by atoms with Gasteiger partial charge in [-0.05, 0) is 37.0 Å². The van der Waals surface area contributed by atoms with Crippen molar-refractivity contribution in [2.24, 2.45) is 0 Å². The molecular formula is C16H24N2S2. The highest BCUT2D eigenvalue weighted by Crippen LogP contribution is 2.32. The van der Waals surface area contributed by atoms with Crippen molar-refractivity contribution in [3.8, 4) is 6.07 Å². The highest BCUT2D eigenvalue weighted by molar-refractivity contribution is 8.00. The van der Waals surface area contributed by atoms with E-state index in [2.05, 4.69) is 38.4 Å². The summed E-state index contributed by atoms with van der Waals surface area (Å²) < 4.78 is 0.251. The monoisotopic (exact) mass is 308 g/mol. The fourth-order valence-electron chi connectivity index (χ4n) is 2.19. The Bertz CT molecular complexity index is 454. The Morgan fingerprint density at radius 2 is 1.95 bits per heavy atom. The second-order valence-electron chi connectivity index (χ2n) is 4.67. The molecule has 1 rings (SSSR count). The summed E-state index contributed by atoms with van der Waals surface area (Å²) in [6.45, 7) is 7.47. The molecule has 2 nitrogen and oxygen atoms in total. The average Bonchev–Trinajstić information content (AvgIpc) is 2.50. The van der Waals surface area contributed by atoms with E-state index < -0.39 is 0 Å². The molecule has 0 saturated carbocycles. The van der Waals surface area contributed by atoms with Crippen LogP contribution < -0.4 is 5.32 Å². The Morgan fingerprint density at radius 1 is 1.25 bits per heavy atom. The molecule has 0 unspecified atom stereocenters. The first-order valence-corrected chi connectivity index (χ1v) is 9.32. The van der Waals surface area contributed by atoms with Crippen LogP contribution in [0.15, 0.2) is 23.1 Å². The molecule has 0 amide bonds. The summed E-state index contributed by atoms with van der Waals surface area (Å²) in [7, 11) is 0. The molecule has 0 radical (unpaired) electrons. The van der Waals surface area contributed by atoms with Gasteiger partial charge in [0.2, 0.25) is 0 Å². The maximum atomic E-state index is 9.42. The summed E-state index contributed by atoms with van der Waals surface area (Å²) in [5, 5.41) is 12.9. The predicted octanol–water partition coefficient (Wildman–Crippen LogP) is 5.00. The van der Waals surface area contributed by atoms with E-state index in [1.54, 1.807) is 11.8 Å². The van der Waals surface area contributed by atoms with Gasteiger partial charge in [-0.1, -0.05) is 26.8 Å². The summed E-state index contributed by atoms with van der Waals surface area (Å²) in [5.41, 5.74) is 1.74. The van der Waals surface area contributed by atoms with Crippen LogP contribution in [0, 0.1) is 11.3 Å². The van der Waals surface area contributed by atoms with Crippen LogP contribution in [0.2, 0.25) is 0 Å². The lowest BCUT2D eigenvalue weighted by Gasteiger charge is -2.30. The summed E-state index contributed by atoms with van der Waals surface area (Å²) in [5.74, 6) is 0.983. The van der Waals surface area contributed by atoms with Gasteiger partial charge in [0.15, 0.2) is 0 Å². The molecule has 1 aromatic rings. The minimum atomic E-state index is 0.251. The van der Waals surface area contributed by atoms with Gasteiger partial charge < -0.3 is 5.32 Å². The van der Waals surface area contributed by atoms with E-state index in [0.717, 1.165) is 41.3 Å². The number of benzene rings is 1. The first-order valence-electron chi connectivity index (χ1n) is 7.11. The molecule has 0 atom stereocenters. The molecule has 1 N–H and O–H groups in total. The quantitative estimate of drug-likeness (QED) is 0.685. The van der Waals surface area contributed by atoms with Gasteiger partial charge in [0.05, 0.1) is 11.3 Å². The Kier molecular flexibility index (Phi) is 7.32. The summed E-state index contributed by atoms with van der Waals surface area (Å²) in [4.78, 5) is 1.07. The van der Waals surface area contributed by atoms with Crippen LogP contribution in [0.1, 0.15) is 39.2 Å². The molecule has 0 aliphatic heterocycles. The van der Waals surface area contributed by atoms with Crippen molar-refractivity contribution in [3.63, 3.8) is 0 Å². The molecule has 0 aliphatic rings. The van der Waals surface area contributed by atoms with Crippen LogP contribution in [-0.4, -0.2) is 23.3 Å². The van der Waals surface area contributed by atoms with E-state index in [1.165, 1.54) is 0 Å². The van der Waals surface area contributed by atoms with E-state index in [0.29, 0.717) is 0 Å². The van der Waals surface area contributed by atoms with Crippen LogP contribution in [0.3, 0.4) is 0 Å². The molecule has 1 aromatic carbocycles. The standard InChI is InChI=1S/C16H24N2S2/c1-5-16(6-2,19-4)12-18-14-9-8-10-15(20-7-3)13(14)11-17/h8-10,18H,5-7,12H2,1-4H3. The third kappa shape index (κ3) is 4.10. The second-order valence-corrected chi connectivity index (χ2v) is 7.25. The lowest BCUT2D eigenvalue weighted by Crippen LogP contribution is -2.32. The molecule has 110 valence electrons. The summed E-state index contributed by atoms with van der Waals surface area (Å²) in [6.07, 6.45) is 4.43. The van der Waals surface area contributed by atoms with Crippen LogP contribution in [0.4, 0.5) is 5.69 Å². The molecule has 0 fully saturated rings. The van der Waals surface area contributed by atoms with Gasteiger partial charge >= 0.3 is 0 Å². The zero-order chi connectivity index (χ0) is 15.0. The minimum absolute atomic E-state index is 0.251. The highest BCUT2D eigenvalue weighted by Gasteiger charge is 2.24. The number of rotatable bonds is 8. The van der Waals surface area contributed by atoms with E-state index in [1.807, 2.05) is 30.0 Å².